The fourth-order valence-corrected chi connectivity index (χ4v) is 3.54. The number of likely N-dealkylation sites (N-methyl/N-ethyl adjacent to an activating group) is 1. The van der Waals surface area contributed by atoms with Gasteiger partial charge in [0.1, 0.15) is 11.8 Å². The molecule has 0 bridgehead atoms. The second-order valence-corrected chi connectivity index (χ2v) is 8.20. The third-order valence-electron chi connectivity index (χ3n) is 4.46. The third kappa shape index (κ3) is 7.79. The summed E-state index contributed by atoms with van der Waals surface area (Å²) in [6.45, 7) is 2.22. The van der Waals surface area contributed by atoms with Crippen LogP contribution >= 0.6 is 11.8 Å². The van der Waals surface area contributed by atoms with E-state index in [1.807, 2.05) is 49.3 Å². The normalized spacial score (nSPS) is 13.0. The van der Waals surface area contributed by atoms with E-state index in [9.17, 15) is 14.7 Å². The molecule has 0 radical (unpaired) electrons. The molecule has 2 aromatic rings. The summed E-state index contributed by atoms with van der Waals surface area (Å²) in [6.07, 6.45) is 0.487. The molecular formula is C22H29N3O3S. The summed E-state index contributed by atoms with van der Waals surface area (Å²) in [5.74, 6) is 0.547. The Hall–Kier alpha value is -2.51. The molecule has 0 spiro atoms. The predicted octanol–water partition coefficient (Wildman–Crippen LogP) is 2.28. The van der Waals surface area contributed by atoms with E-state index in [4.69, 9.17) is 0 Å². The molecule has 0 aliphatic heterocycles. The number of amides is 2. The molecule has 0 aliphatic carbocycles. The molecule has 2 amide bonds. The van der Waals surface area contributed by atoms with Crippen LogP contribution in [0.15, 0.2) is 59.5 Å². The minimum absolute atomic E-state index is 0.190. The molecule has 2 atom stereocenters. The van der Waals surface area contributed by atoms with E-state index in [1.54, 1.807) is 43.0 Å². The minimum atomic E-state index is -0.619. The molecule has 0 fully saturated rings. The highest BCUT2D eigenvalue weighted by Gasteiger charge is 2.24. The zero-order valence-corrected chi connectivity index (χ0v) is 17.9. The zero-order valence-electron chi connectivity index (χ0n) is 17.1. The Morgan fingerprint density at radius 3 is 2.31 bits per heavy atom. The van der Waals surface area contributed by atoms with Crippen LogP contribution in [-0.2, 0) is 16.0 Å². The highest BCUT2D eigenvalue weighted by atomic mass is 32.2. The van der Waals surface area contributed by atoms with Crippen molar-refractivity contribution in [2.45, 2.75) is 30.3 Å². The molecule has 0 saturated heterocycles. The summed E-state index contributed by atoms with van der Waals surface area (Å²) in [7, 11) is 3.66. The zero-order chi connectivity index (χ0) is 21.2. The van der Waals surface area contributed by atoms with Gasteiger partial charge in [-0.2, -0.15) is 0 Å². The van der Waals surface area contributed by atoms with E-state index in [-0.39, 0.29) is 17.6 Å². The number of hydrogen-bond donors (Lipinski definition) is 3. The second-order valence-electron chi connectivity index (χ2n) is 7.03. The lowest BCUT2D eigenvalue weighted by atomic mass is 10.0. The van der Waals surface area contributed by atoms with Crippen LogP contribution in [0.3, 0.4) is 0 Å². The monoisotopic (exact) mass is 415 g/mol. The van der Waals surface area contributed by atoms with Gasteiger partial charge in [0.25, 0.3) is 0 Å². The average molecular weight is 416 g/mol. The van der Waals surface area contributed by atoms with E-state index in [2.05, 4.69) is 10.6 Å². The van der Waals surface area contributed by atoms with E-state index >= 15 is 0 Å². The number of benzene rings is 2. The number of carbonyl (C=O) groups excluding carboxylic acids is 2. The quantitative estimate of drug-likeness (QED) is 0.410. The van der Waals surface area contributed by atoms with Gasteiger partial charge in [-0.3, -0.25) is 14.5 Å². The number of nitrogens with one attached hydrogen (secondary N) is 2. The first-order chi connectivity index (χ1) is 13.9. The first-order valence-corrected chi connectivity index (χ1v) is 10.6. The largest absolute Gasteiger partial charge is 0.508 e. The summed E-state index contributed by atoms with van der Waals surface area (Å²) in [5, 5.41) is 15.1. The highest BCUT2D eigenvalue weighted by molar-refractivity contribution is 7.99. The van der Waals surface area contributed by atoms with Crippen LogP contribution in [0.25, 0.3) is 0 Å². The van der Waals surface area contributed by atoms with E-state index in [0.29, 0.717) is 13.0 Å². The average Bonchev–Trinajstić information content (AvgIpc) is 2.70. The van der Waals surface area contributed by atoms with Crippen LogP contribution in [0.2, 0.25) is 0 Å². The topological polar surface area (TPSA) is 81.7 Å². The Bertz CT molecular complexity index is 782. The molecule has 3 N–H and O–H groups in total. The standard InChI is InChI=1S/C22H29N3O3S/c1-16(21(27)23-13-14-29-19-7-5-4-6-8-19)24-22(28)20(25(2)3)15-17-9-11-18(26)12-10-17/h4-12,16,20,26H,13-15H2,1-3H3,(H,23,27)(H,24,28)/t16-,20?/m1/s1. The Morgan fingerprint density at radius 1 is 1.03 bits per heavy atom. The smallest absolute Gasteiger partial charge is 0.242 e. The molecule has 2 rings (SSSR count). The molecule has 1 unspecified atom stereocenters. The predicted molar refractivity (Wildman–Crippen MR) is 117 cm³/mol. The van der Waals surface area contributed by atoms with Gasteiger partial charge >= 0.3 is 0 Å². The minimum Gasteiger partial charge on any atom is -0.508 e. The lowest BCUT2D eigenvalue weighted by molar-refractivity contribution is -0.131. The van der Waals surface area contributed by atoms with Gasteiger partial charge in [0.15, 0.2) is 0 Å². The van der Waals surface area contributed by atoms with Gasteiger partial charge in [-0.25, -0.2) is 0 Å². The van der Waals surface area contributed by atoms with Crippen molar-refractivity contribution in [2.75, 3.05) is 26.4 Å². The lowest BCUT2D eigenvalue weighted by Gasteiger charge is -2.25. The number of hydrogen-bond acceptors (Lipinski definition) is 5. The summed E-state index contributed by atoms with van der Waals surface area (Å²) in [6, 6.07) is 15.8. The number of phenolic OH excluding ortho intramolecular Hbond substituents is 1. The Balaban J connectivity index is 1.79. The van der Waals surface area contributed by atoms with Crippen LogP contribution < -0.4 is 10.6 Å². The van der Waals surface area contributed by atoms with E-state index in [0.717, 1.165) is 16.2 Å². The molecule has 7 heteroatoms. The van der Waals surface area contributed by atoms with E-state index in [1.165, 1.54) is 0 Å². The van der Waals surface area contributed by atoms with Crippen LogP contribution in [0.4, 0.5) is 0 Å². The lowest BCUT2D eigenvalue weighted by Crippen LogP contribution is -2.52. The summed E-state index contributed by atoms with van der Waals surface area (Å²) in [5.41, 5.74) is 0.937. The van der Waals surface area contributed by atoms with Gasteiger partial charge in [0, 0.05) is 17.2 Å². The number of rotatable bonds is 10. The molecule has 6 nitrogen and oxygen atoms in total. The molecule has 156 valence electrons. The first-order valence-electron chi connectivity index (χ1n) is 9.57. The Kier molecular flexibility index (Phi) is 9.02. The molecule has 0 saturated carbocycles. The first kappa shape index (κ1) is 22.8. The van der Waals surface area contributed by atoms with Gasteiger partial charge < -0.3 is 15.7 Å². The number of carbonyl (C=O) groups is 2. The Morgan fingerprint density at radius 2 is 1.69 bits per heavy atom. The Labute approximate surface area is 176 Å². The molecular weight excluding hydrogens is 386 g/mol. The number of phenols is 1. The van der Waals surface area contributed by atoms with Crippen molar-refractivity contribution in [3.05, 3.63) is 60.2 Å². The summed E-state index contributed by atoms with van der Waals surface area (Å²) < 4.78 is 0. The van der Waals surface area contributed by atoms with Gasteiger partial charge in [-0.15, -0.1) is 11.8 Å². The van der Waals surface area contributed by atoms with Crippen molar-refractivity contribution in [3.8, 4) is 5.75 Å². The summed E-state index contributed by atoms with van der Waals surface area (Å²) in [4.78, 5) is 28.0. The van der Waals surface area contributed by atoms with Crippen molar-refractivity contribution in [1.29, 1.82) is 0 Å². The van der Waals surface area contributed by atoms with E-state index < -0.39 is 12.1 Å². The van der Waals surface area contributed by atoms with Crippen molar-refractivity contribution >= 4 is 23.6 Å². The van der Waals surface area contributed by atoms with Crippen molar-refractivity contribution in [1.82, 2.24) is 15.5 Å². The second kappa shape index (κ2) is 11.5. The van der Waals surface area contributed by atoms with Crippen molar-refractivity contribution < 1.29 is 14.7 Å². The molecule has 29 heavy (non-hydrogen) atoms. The highest BCUT2D eigenvalue weighted by Crippen LogP contribution is 2.16. The molecule has 0 heterocycles. The molecule has 0 aliphatic rings. The SMILES string of the molecule is C[C@@H](NC(=O)C(Cc1ccc(O)cc1)N(C)C)C(=O)NCCSc1ccccc1. The molecule has 2 aromatic carbocycles. The van der Waals surface area contributed by atoms with Crippen LogP contribution in [0, 0.1) is 0 Å². The van der Waals surface area contributed by atoms with Crippen molar-refractivity contribution in [3.63, 3.8) is 0 Å². The van der Waals surface area contributed by atoms with Gasteiger partial charge in [-0.1, -0.05) is 30.3 Å². The number of nitrogens with zero attached hydrogens (tertiary/aromatic N) is 1. The van der Waals surface area contributed by atoms with Crippen LogP contribution in [0.1, 0.15) is 12.5 Å². The fourth-order valence-electron chi connectivity index (χ4n) is 2.75. The molecule has 0 aromatic heterocycles. The number of aromatic hydroxyl groups is 1. The van der Waals surface area contributed by atoms with Crippen LogP contribution in [0.5, 0.6) is 5.75 Å². The number of thioether (sulfide) groups is 1. The van der Waals surface area contributed by atoms with Gasteiger partial charge in [-0.05, 0) is 57.3 Å². The fraction of sp³-hybridized carbons (Fsp3) is 0.364. The summed E-state index contributed by atoms with van der Waals surface area (Å²) >= 11 is 1.67. The van der Waals surface area contributed by atoms with Gasteiger partial charge in [0.2, 0.25) is 11.8 Å². The maximum absolute atomic E-state index is 12.7. The van der Waals surface area contributed by atoms with Gasteiger partial charge in [0.05, 0.1) is 6.04 Å². The third-order valence-corrected chi connectivity index (χ3v) is 5.47. The van der Waals surface area contributed by atoms with Crippen LogP contribution in [-0.4, -0.2) is 60.3 Å². The maximum Gasteiger partial charge on any atom is 0.242 e. The van der Waals surface area contributed by atoms with Crippen molar-refractivity contribution in [2.24, 2.45) is 0 Å². The maximum atomic E-state index is 12.7.